The Balaban J connectivity index is 0.596. The van der Waals surface area contributed by atoms with Crippen molar-refractivity contribution in [3.05, 3.63) is 598 Å². The molecule has 0 saturated carbocycles. The maximum absolute atomic E-state index is 17.3. The summed E-state index contributed by atoms with van der Waals surface area (Å²) in [7, 11) is 0. The monoisotopic (exact) mass is 1740 g/mol. The summed E-state index contributed by atoms with van der Waals surface area (Å²) in [4.78, 5) is 17.3. The van der Waals surface area contributed by atoms with E-state index in [0.717, 1.165) is 89.0 Å². The summed E-state index contributed by atoms with van der Waals surface area (Å²) < 4.78 is 0. The lowest BCUT2D eigenvalue weighted by Crippen LogP contribution is -2.25. The number of carbonyl (C=O) groups is 1. The van der Waals surface area contributed by atoms with Crippen molar-refractivity contribution >= 4 is 5.78 Å². The minimum absolute atomic E-state index is 0.0803. The van der Waals surface area contributed by atoms with Gasteiger partial charge in [-0.2, -0.15) is 0 Å². The molecule has 30 rings (SSSR count). The predicted molar refractivity (Wildman–Crippen MR) is 565 cm³/mol. The summed E-state index contributed by atoms with van der Waals surface area (Å²) >= 11 is 0. The Morgan fingerprint density at radius 2 is 0.239 bits per heavy atom. The molecule has 1 heteroatoms. The van der Waals surface area contributed by atoms with E-state index in [0.29, 0.717) is 11.1 Å². The third-order valence-electron chi connectivity index (χ3n) is 32.5. The number of hydrogen-bond acceptors (Lipinski definition) is 1. The van der Waals surface area contributed by atoms with Crippen LogP contribution < -0.4 is 0 Å². The summed E-state index contributed by atoms with van der Waals surface area (Å²) in [5.41, 5.74) is 56.9. The molecule has 138 heavy (non-hydrogen) atoms. The quantitative estimate of drug-likeness (QED) is 0.125. The van der Waals surface area contributed by atoms with Crippen molar-refractivity contribution in [2.75, 3.05) is 0 Å². The van der Waals surface area contributed by atoms with Crippen LogP contribution in [0.5, 0.6) is 0 Å². The van der Waals surface area contributed by atoms with Gasteiger partial charge in [-0.1, -0.05) is 413 Å². The molecule has 0 heterocycles. The molecule has 0 unspecified atom stereocenters. The molecule has 8 aliphatic carbocycles. The Kier molecular flexibility index (Phi) is 16.1. The predicted octanol–water partition coefficient (Wildman–Crippen LogP) is 33.6. The molecule has 636 valence electrons. The van der Waals surface area contributed by atoms with Crippen LogP contribution in [-0.4, -0.2) is 5.78 Å². The molecule has 0 amide bonds. The van der Waals surface area contributed by atoms with Crippen LogP contribution in [0, 0.1) is 0 Å². The molecule has 0 N–H and O–H groups in total. The van der Waals surface area contributed by atoms with E-state index in [-0.39, 0.29) is 5.78 Å². The van der Waals surface area contributed by atoms with Gasteiger partial charge < -0.3 is 0 Å². The second-order valence-corrected chi connectivity index (χ2v) is 38.8. The molecule has 0 bridgehead atoms. The van der Waals surface area contributed by atoms with Crippen molar-refractivity contribution in [3.8, 4) is 178 Å². The molecule has 0 atom stereocenters. The first kappa shape index (κ1) is 77.0. The van der Waals surface area contributed by atoms with Crippen molar-refractivity contribution in [2.24, 2.45) is 0 Å². The summed E-state index contributed by atoms with van der Waals surface area (Å²) in [5, 5.41) is 0. The fourth-order valence-corrected chi connectivity index (χ4v) is 27.0. The molecule has 22 aromatic rings. The van der Waals surface area contributed by atoms with Gasteiger partial charge in [-0.05, 0) is 352 Å². The Hall–Kier alpha value is -17.5. The topological polar surface area (TPSA) is 17.1 Å². The molecule has 22 aromatic carbocycles. The Morgan fingerprint density at radius 3 is 0.406 bits per heavy atom. The first-order chi connectivity index (χ1) is 68.3. The number of hydrogen-bond donors (Lipinski definition) is 0. The van der Waals surface area contributed by atoms with Crippen molar-refractivity contribution in [3.63, 3.8) is 0 Å². The largest absolute Gasteiger partial charge is 0.289 e. The van der Waals surface area contributed by atoms with Gasteiger partial charge in [0.05, 0.1) is 21.7 Å². The average Bonchev–Trinajstić information content (AvgIpc) is 1.52. The highest BCUT2D eigenvalue weighted by Crippen LogP contribution is 2.69. The third kappa shape index (κ3) is 10.3. The van der Waals surface area contributed by atoms with E-state index in [1.54, 1.807) is 0 Å². The van der Waals surface area contributed by atoms with E-state index < -0.39 is 21.7 Å². The van der Waals surface area contributed by atoms with Crippen LogP contribution in [0.1, 0.15) is 105 Å². The fourth-order valence-electron chi connectivity index (χ4n) is 27.0. The van der Waals surface area contributed by atoms with Crippen LogP contribution in [0.4, 0.5) is 0 Å². The van der Waals surface area contributed by atoms with Gasteiger partial charge in [0.25, 0.3) is 0 Å². The number of rotatable bonds is 10. The maximum atomic E-state index is 17.3. The minimum Gasteiger partial charge on any atom is -0.289 e. The van der Waals surface area contributed by atoms with Crippen molar-refractivity contribution in [2.45, 2.75) is 21.7 Å². The molecular formula is C137H82O. The molecular weight excluding hydrogens is 1660 g/mol. The third-order valence-corrected chi connectivity index (χ3v) is 32.5. The molecule has 0 aliphatic heterocycles. The van der Waals surface area contributed by atoms with Crippen molar-refractivity contribution < 1.29 is 4.79 Å². The number of benzene rings is 22. The van der Waals surface area contributed by atoms with Crippen LogP contribution in [0.2, 0.25) is 0 Å². The van der Waals surface area contributed by atoms with Crippen LogP contribution >= 0.6 is 0 Å². The van der Waals surface area contributed by atoms with E-state index in [1.807, 2.05) is 0 Å². The number of ketones is 1. The van der Waals surface area contributed by atoms with Crippen LogP contribution in [0.3, 0.4) is 0 Å². The molecule has 0 aromatic heterocycles. The van der Waals surface area contributed by atoms with Crippen LogP contribution in [0.15, 0.2) is 497 Å². The van der Waals surface area contributed by atoms with Crippen molar-refractivity contribution in [1.82, 2.24) is 0 Å². The van der Waals surface area contributed by atoms with Crippen LogP contribution in [-0.2, 0) is 21.7 Å². The van der Waals surface area contributed by atoms with E-state index in [2.05, 4.69) is 497 Å². The molecule has 4 spiro atoms. The van der Waals surface area contributed by atoms with Gasteiger partial charge in [-0.15, -0.1) is 0 Å². The molecule has 0 saturated heterocycles. The second-order valence-electron chi connectivity index (χ2n) is 38.8. The lowest BCUT2D eigenvalue weighted by Gasteiger charge is -2.30. The highest BCUT2D eigenvalue weighted by molar-refractivity contribution is 6.12. The lowest BCUT2D eigenvalue weighted by atomic mass is 9.70. The summed E-state index contributed by atoms with van der Waals surface area (Å²) in [6, 6.07) is 187. The van der Waals surface area contributed by atoms with Gasteiger partial charge in [0.15, 0.2) is 5.78 Å². The van der Waals surface area contributed by atoms with Gasteiger partial charge in [0.1, 0.15) is 0 Å². The first-order valence-corrected chi connectivity index (χ1v) is 48.3. The number of carbonyl (C=O) groups excluding carboxylic acids is 1. The zero-order chi connectivity index (χ0) is 90.4. The van der Waals surface area contributed by atoms with Crippen LogP contribution in [0.25, 0.3) is 178 Å². The van der Waals surface area contributed by atoms with Gasteiger partial charge in [-0.3, -0.25) is 4.79 Å². The summed E-state index contributed by atoms with van der Waals surface area (Å²) in [6.07, 6.45) is 0. The Bertz CT molecular complexity index is 7860. The molecule has 0 radical (unpaired) electrons. The Morgan fingerprint density at radius 1 is 0.109 bits per heavy atom. The maximum Gasteiger partial charge on any atom is 0.193 e. The van der Waals surface area contributed by atoms with Gasteiger partial charge in [0.2, 0.25) is 0 Å². The SMILES string of the molecule is O=C(c1cc(-c2cccc(-c3ccc4c(c3)C3(c5ccccc5-c5ccccc53)c3ccccc3-4)c2)cc(-c2cccc(-c3ccc4c(c3)C3(c5ccccc5-c5ccccc53)c3ccccc3-4)c2)c1)c1cc(-c2cccc(-c3ccc4c(c3)C3(c5ccccc5-c5ccccc53)c3ccccc3-4)c2)cc(-c2cccc(-c3ccc4c(c3)C3(c5ccccc5-c5ccccc53)c3ccccc3-4)c2)c1. The zero-order valence-electron chi connectivity index (χ0n) is 75.3. The molecule has 1 nitrogen and oxygen atoms in total. The lowest BCUT2D eigenvalue weighted by molar-refractivity contribution is 0.103. The van der Waals surface area contributed by atoms with E-state index >= 15 is 4.79 Å². The van der Waals surface area contributed by atoms with Gasteiger partial charge in [0, 0.05) is 11.1 Å². The van der Waals surface area contributed by atoms with Gasteiger partial charge in [-0.25, -0.2) is 0 Å². The normalized spacial score (nSPS) is 14.2. The van der Waals surface area contributed by atoms with E-state index in [9.17, 15) is 0 Å². The van der Waals surface area contributed by atoms with Crippen molar-refractivity contribution in [1.29, 1.82) is 0 Å². The fraction of sp³-hybridized carbons (Fsp3) is 0.0292. The average molecular weight is 1740 g/mol. The second kappa shape index (κ2) is 28.8. The molecule has 8 aliphatic rings. The first-order valence-electron chi connectivity index (χ1n) is 48.3. The zero-order valence-corrected chi connectivity index (χ0v) is 75.3. The standard InChI is InChI=1S/C137H82O/c138-133(99-75-95(87-33-25-29-83(69-87)91-61-65-113-109-45-9-21-57-125(109)134(129(113)79-91)117-49-13-1-37-101(117)102-38-2-14-50-118(102)134)73-96(76-99)88-34-26-30-84(70-88)92-62-66-114-110-46-10-22-58-126(110)135(130(114)80-92)119-51-15-3-39-103(119)104-40-4-16-52-120(104)135)100-77-97(89-35-27-31-85(71-89)93-63-67-115-111-47-11-23-59-127(111)136(131(115)81-93)121-53-17-5-41-105(121)106-42-6-18-54-122(106)136)74-98(78-100)90-36-28-32-86(72-90)94-64-68-116-112-48-12-24-60-128(112)137(132(116)82-94)123-55-19-7-43-107(123)108-44-8-20-56-124(108)137/h1-82H. The Labute approximate surface area is 802 Å². The summed E-state index contributed by atoms with van der Waals surface area (Å²) in [6.45, 7) is 0. The minimum atomic E-state index is -0.514. The highest BCUT2D eigenvalue weighted by Gasteiger charge is 2.57. The van der Waals surface area contributed by atoms with Gasteiger partial charge >= 0.3 is 0 Å². The summed E-state index contributed by atoms with van der Waals surface area (Å²) in [5.74, 6) is -0.0803. The highest BCUT2D eigenvalue weighted by atomic mass is 16.1. The van der Waals surface area contributed by atoms with E-state index in [1.165, 1.54) is 178 Å². The smallest absolute Gasteiger partial charge is 0.193 e. The van der Waals surface area contributed by atoms with E-state index in [4.69, 9.17) is 0 Å². The number of fused-ring (bicyclic) bond motifs is 40. The molecule has 0 fully saturated rings.